The largest absolute Gasteiger partial charge is 0.462 e. The smallest absolute Gasteiger partial charge is 0.341 e. The van der Waals surface area contributed by atoms with Gasteiger partial charge in [-0.3, -0.25) is 4.79 Å². The average molecular weight is 384 g/mol. The topological polar surface area (TPSA) is 64.6 Å². The summed E-state index contributed by atoms with van der Waals surface area (Å²) in [7, 11) is 0. The van der Waals surface area contributed by atoms with Crippen molar-refractivity contribution < 1.29 is 23.5 Å². The van der Waals surface area contributed by atoms with Gasteiger partial charge in [-0.2, -0.15) is 0 Å². The number of carbonyl (C=O) groups excluding carboxylic acids is 2. The standard InChI is InChI=1S/C17H15ClFNO4S/c1-3-23-17(22)14-12-8(2)24-7-11(12)25-16(14)20-15(21)13-9(18)5-4-6-10(13)19/h4-6,8H,3,7H2,1-2H3,(H,20,21). The van der Waals surface area contributed by atoms with Gasteiger partial charge >= 0.3 is 5.97 Å². The monoisotopic (exact) mass is 383 g/mol. The molecule has 0 bridgehead atoms. The van der Waals surface area contributed by atoms with Crippen LogP contribution in [0, 0.1) is 5.82 Å². The van der Waals surface area contributed by atoms with Gasteiger partial charge in [-0.05, 0) is 26.0 Å². The molecule has 132 valence electrons. The molecule has 2 aromatic rings. The molecule has 1 aromatic carbocycles. The molecule has 0 saturated carbocycles. The Hall–Kier alpha value is -1.96. The Morgan fingerprint density at radius 1 is 1.44 bits per heavy atom. The van der Waals surface area contributed by atoms with Crippen molar-refractivity contribution in [2.45, 2.75) is 26.6 Å². The van der Waals surface area contributed by atoms with Gasteiger partial charge in [-0.15, -0.1) is 11.3 Å². The van der Waals surface area contributed by atoms with E-state index in [-0.39, 0.29) is 28.9 Å². The molecule has 2 heterocycles. The van der Waals surface area contributed by atoms with Crippen LogP contribution >= 0.6 is 22.9 Å². The summed E-state index contributed by atoms with van der Waals surface area (Å²) in [5.74, 6) is -2.00. The van der Waals surface area contributed by atoms with E-state index < -0.39 is 17.7 Å². The molecular weight excluding hydrogens is 369 g/mol. The number of hydrogen-bond acceptors (Lipinski definition) is 5. The summed E-state index contributed by atoms with van der Waals surface area (Å²) in [5, 5.41) is 2.90. The highest BCUT2D eigenvalue weighted by Gasteiger charge is 2.33. The van der Waals surface area contributed by atoms with E-state index in [0.29, 0.717) is 17.2 Å². The lowest BCUT2D eigenvalue weighted by molar-refractivity contribution is 0.0513. The zero-order valence-electron chi connectivity index (χ0n) is 13.5. The zero-order valence-corrected chi connectivity index (χ0v) is 15.1. The second-order valence-electron chi connectivity index (χ2n) is 5.37. The van der Waals surface area contributed by atoms with Gasteiger partial charge in [0.2, 0.25) is 0 Å². The third-order valence-electron chi connectivity index (χ3n) is 3.79. The number of fused-ring (bicyclic) bond motifs is 1. The first-order valence-corrected chi connectivity index (χ1v) is 8.83. The molecule has 1 aromatic heterocycles. The quantitative estimate of drug-likeness (QED) is 0.786. The second kappa shape index (κ2) is 7.11. The van der Waals surface area contributed by atoms with Gasteiger partial charge in [-0.25, -0.2) is 9.18 Å². The molecule has 0 radical (unpaired) electrons. The van der Waals surface area contributed by atoms with Crippen LogP contribution < -0.4 is 5.32 Å². The lowest BCUT2D eigenvalue weighted by atomic mass is 10.1. The number of amides is 1. The van der Waals surface area contributed by atoms with Crippen LogP contribution in [0.25, 0.3) is 0 Å². The fourth-order valence-corrected chi connectivity index (χ4v) is 4.13. The van der Waals surface area contributed by atoms with Crippen LogP contribution in [0.3, 0.4) is 0 Å². The number of benzene rings is 1. The van der Waals surface area contributed by atoms with E-state index in [1.54, 1.807) is 6.92 Å². The first-order chi connectivity index (χ1) is 11.9. The minimum absolute atomic E-state index is 0.00372. The molecule has 1 N–H and O–H groups in total. The van der Waals surface area contributed by atoms with E-state index in [4.69, 9.17) is 21.1 Å². The first kappa shape index (κ1) is 17.8. The maximum atomic E-state index is 14.0. The molecule has 0 fully saturated rings. The molecule has 8 heteroatoms. The zero-order chi connectivity index (χ0) is 18.1. The number of esters is 1. The van der Waals surface area contributed by atoms with Crippen LogP contribution in [0.2, 0.25) is 5.02 Å². The first-order valence-electron chi connectivity index (χ1n) is 7.63. The van der Waals surface area contributed by atoms with Gasteiger partial charge in [0.05, 0.1) is 29.9 Å². The van der Waals surface area contributed by atoms with E-state index in [2.05, 4.69) is 5.32 Å². The number of nitrogens with one attached hydrogen (secondary N) is 1. The van der Waals surface area contributed by atoms with Crippen molar-refractivity contribution in [2.75, 3.05) is 11.9 Å². The van der Waals surface area contributed by atoms with Crippen molar-refractivity contribution in [1.29, 1.82) is 0 Å². The molecule has 1 aliphatic rings. The predicted octanol–water partition coefficient (Wildman–Crippen LogP) is 4.56. The molecule has 1 amide bonds. The van der Waals surface area contributed by atoms with Crippen molar-refractivity contribution in [3.63, 3.8) is 0 Å². The van der Waals surface area contributed by atoms with Crippen LogP contribution in [-0.4, -0.2) is 18.5 Å². The summed E-state index contributed by atoms with van der Waals surface area (Å²) < 4.78 is 24.6. The third kappa shape index (κ3) is 3.27. The van der Waals surface area contributed by atoms with E-state index in [0.717, 1.165) is 10.9 Å². The van der Waals surface area contributed by atoms with Gasteiger partial charge in [0.15, 0.2) is 0 Å². The Kier molecular flexibility index (Phi) is 5.08. The van der Waals surface area contributed by atoms with E-state index >= 15 is 0 Å². The highest BCUT2D eigenvalue weighted by Crippen LogP contribution is 2.44. The molecule has 0 aliphatic carbocycles. The van der Waals surface area contributed by atoms with Gasteiger partial charge < -0.3 is 14.8 Å². The minimum atomic E-state index is -0.733. The number of carbonyl (C=O) groups is 2. The average Bonchev–Trinajstić information content (AvgIpc) is 3.07. The molecule has 25 heavy (non-hydrogen) atoms. The molecule has 1 aliphatic heterocycles. The van der Waals surface area contributed by atoms with Crippen LogP contribution in [0.1, 0.15) is 51.1 Å². The number of rotatable bonds is 4. The summed E-state index contributed by atoms with van der Waals surface area (Å²) in [6.45, 7) is 4.07. The van der Waals surface area contributed by atoms with Crippen molar-refractivity contribution in [3.8, 4) is 0 Å². The Balaban J connectivity index is 1.99. The highest BCUT2D eigenvalue weighted by atomic mass is 35.5. The summed E-state index contributed by atoms with van der Waals surface area (Å²) in [6, 6.07) is 3.99. The van der Waals surface area contributed by atoms with E-state index in [1.165, 1.54) is 23.5 Å². The van der Waals surface area contributed by atoms with Crippen LogP contribution in [-0.2, 0) is 16.1 Å². The molecule has 5 nitrogen and oxygen atoms in total. The molecule has 0 spiro atoms. The SMILES string of the molecule is CCOC(=O)c1c(NC(=O)c2c(F)cccc2Cl)sc2c1C(C)OC2. The molecule has 1 atom stereocenters. The van der Waals surface area contributed by atoms with Crippen molar-refractivity contribution in [3.05, 3.63) is 50.6 Å². The molecule has 1 unspecified atom stereocenters. The fraction of sp³-hybridized carbons (Fsp3) is 0.294. The lowest BCUT2D eigenvalue weighted by Gasteiger charge is -2.11. The van der Waals surface area contributed by atoms with Crippen molar-refractivity contribution in [1.82, 2.24) is 0 Å². The molecule has 3 rings (SSSR count). The Bertz CT molecular complexity index is 831. The van der Waals surface area contributed by atoms with E-state index in [9.17, 15) is 14.0 Å². The number of halogens is 2. The van der Waals surface area contributed by atoms with Gasteiger partial charge in [0.1, 0.15) is 16.4 Å². The van der Waals surface area contributed by atoms with Gasteiger partial charge in [0, 0.05) is 10.4 Å². The maximum Gasteiger partial charge on any atom is 0.341 e. The summed E-state index contributed by atoms with van der Waals surface area (Å²) in [6.07, 6.45) is -0.284. The Morgan fingerprint density at radius 3 is 2.88 bits per heavy atom. The number of ether oxygens (including phenoxy) is 2. The molecule has 0 saturated heterocycles. The highest BCUT2D eigenvalue weighted by molar-refractivity contribution is 7.17. The van der Waals surface area contributed by atoms with Gasteiger partial charge in [0.25, 0.3) is 5.91 Å². The Morgan fingerprint density at radius 2 is 2.20 bits per heavy atom. The third-order valence-corrected chi connectivity index (χ3v) is 5.20. The summed E-state index contributed by atoms with van der Waals surface area (Å²) in [4.78, 5) is 25.7. The second-order valence-corrected chi connectivity index (χ2v) is 6.88. The van der Waals surface area contributed by atoms with Crippen molar-refractivity contribution >= 4 is 39.8 Å². The van der Waals surface area contributed by atoms with Crippen molar-refractivity contribution in [2.24, 2.45) is 0 Å². The van der Waals surface area contributed by atoms with E-state index in [1.807, 2.05) is 6.92 Å². The van der Waals surface area contributed by atoms with Crippen LogP contribution in [0.5, 0.6) is 0 Å². The summed E-state index contributed by atoms with van der Waals surface area (Å²) >= 11 is 7.15. The minimum Gasteiger partial charge on any atom is -0.462 e. The fourth-order valence-electron chi connectivity index (χ4n) is 2.69. The van der Waals surface area contributed by atoms with Crippen LogP contribution in [0.15, 0.2) is 18.2 Å². The summed E-state index contributed by atoms with van der Waals surface area (Å²) in [5.41, 5.74) is 0.697. The molecular formula is C17H15ClFNO4S. The number of hydrogen-bond donors (Lipinski definition) is 1. The number of anilines is 1. The maximum absolute atomic E-state index is 14.0. The number of thiophene rings is 1. The van der Waals surface area contributed by atoms with Crippen LogP contribution in [0.4, 0.5) is 9.39 Å². The van der Waals surface area contributed by atoms with Gasteiger partial charge in [-0.1, -0.05) is 17.7 Å². The normalized spacial score (nSPS) is 15.8. The lowest BCUT2D eigenvalue weighted by Crippen LogP contribution is -2.17. The predicted molar refractivity (Wildman–Crippen MR) is 92.8 cm³/mol. The Labute approximate surface area is 152 Å².